The van der Waals surface area contributed by atoms with E-state index in [0.29, 0.717) is 18.7 Å². The summed E-state index contributed by atoms with van der Waals surface area (Å²) in [4.78, 5) is 23.3. The quantitative estimate of drug-likeness (QED) is 0.843. The van der Waals surface area contributed by atoms with Crippen LogP contribution in [0, 0.1) is 0 Å². The second-order valence-corrected chi connectivity index (χ2v) is 5.74. The largest absolute Gasteiger partial charge is 0.478 e. The highest BCUT2D eigenvalue weighted by molar-refractivity contribution is 5.96. The maximum absolute atomic E-state index is 12.2. The molecule has 6 nitrogen and oxygen atoms in total. The standard InChI is InChI=1S/C16H23NO5/c1-3-12-11(15(19)20)9-13(22-12)14(18)17-10-16(21-2)7-5-4-6-8-16/h9H,3-8,10H2,1-2H3,(H,17,18)(H,19,20). The smallest absolute Gasteiger partial charge is 0.339 e. The zero-order chi connectivity index (χ0) is 16.2. The van der Waals surface area contributed by atoms with E-state index in [1.165, 1.54) is 12.5 Å². The van der Waals surface area contributed by atoms with Gasteiger partial charge in [-0.15, -0.1) is 0 Å². The van der Waals surface area contributed by atoms with Gasteiger partial charge in [-0.25, -0.2) is 4.79 Å². The van der Waals surface area contributed by atoms with Crippen LogP contribution in [0.3, 0.4) is 0 Å². The van der Waals surface area contributed by atoms with Crippen molar-refractivity contribution in [3.63, 3.8) is 0 Å². The first-order valence-electron chi connectivity index (χ1n) is 7.70. The summed E-state index contributed by atoms with van der Waals surface area (Å²) in [5.41, 5.74) is -0.268. The van der Waals surface area contributed by atoms with Crippen molar-refractivity contribution in [3.05, 3.63) is 23.2 Å². The van der Waals surface area contributed by atoms with Crippen LogP contribution in [0.4, 0.5) is 0 Å². The number of amides is 1. The second kappa shape index (κ2) is 6.96. The Bertz CT molecular complexity index is 543. The minimum absolute atomic E-state index is 0.0383. The highest BCUT2D eigenvalue weighted by Gasteiger charge is 2.32. The molecule has 1 aliphatic rings. The van der Waals surface area contributed by atoms with Gasteiger partial charge in [-0.05, 0) is 12.8 Å². The fourth-order valence-corrected chi connectivity index (χ4v) is 2.96. The Morgan fingerprint density at radius 2 is 2.05 bits per heavy atom. The number of furan rings is 1. The molecule has 1 heterocycles. The van der Waals surface area contributed by atoms with Crippen LogP contribution in [0.1, 0.15) is 65.7 Å². The number of aryl methyl sites for hydroxylation is 1. The lowest BCUT2D eigenvalue weighted by atomic mass is 9.84. The molecule has 1 aromatic rings. The van der Waals surface area contributed by atoms with Crippen molar-refractivity contribution < 1.29 is 23.8 Å². The number of carbonyl (C=O) groups excluding carboxylic acids is 1. The highest BCUT2D eigenvalue weighted by Crippen LogP contribution is 2.30. The molecule has 0 radical (unpaired) electrons. The van der Waals surface area contributed by atoms with E-state index in [9.17, 15) is 9.59 Å². The molecule has 0 unspecified atom stereocenters. The fourth-order valence-electron chi connectivity index (χ4n) is 2.96. The average molecular weight is 309 g/mol. The van der Waals surface area contributed by atoms with E-state index >= 15 is 0 Å². The van der Waals surface area contributed by atoms with E-state index in [-0.39, 0.29) is 16.9 Å². The molecule has 0 bridgehead atoms. The Kier molecular flexibility index (Phi) is 5.24. The number of hydrogen-bond acceptors (Lipinski definition) is 4. The molecule has 6 heteroatoms. The molecule has 22 heavy (non-hydrogen) atoms. The molecule has 0 atom stereocenters. The van der Waals surface area contributed by atoms with E-state index in [0.717, 1.165) is 25.7 Å². The van der Waals surface area contributed by atoms with Crippen LogP contribution in [0.2, 0.25) is 0 Å². The molecule has 1 fully saturated rings. The predicted molar refractivity (Wildman–Crippen MR) is 80.2 cm³/mol. The normalized spacial score (nSPS) is 17.2. The maximum atomic E-state index is 12.2. The Morgan fingerprint density at radius 1 is 1.36 bits per heavy atom. The fraction of sp³-hybridized carbons (Fsp3) is 0.625. The molecule has 1 amide bonds. The van der Waals surface area contributed by atoms with Crippen molar-refractivity contribution in [3.8, 4) is 0 Å². The summed E-state index contributed by atoms with van der Waals surface area (Å²) in [6.07, 6.45) is 5.64. The van der Waals surface area contributed by atoms with Gasteiger partial charge in [-0.1, -0.05) is 26.2 Å². The van der Waals surface area contributed by atoms with Crippen LogP contribution in [-0.2, 0) is 11.2 Å². The van der Waals surface area contributed by atoms with Gasteiger partial charge < -0.3 is 19.6 Å². The van der Waals surface area contributed by atoms with Gasteiger partial charge in [0.2, 0.25) is 0 Å². The van der Waals surface area contributed by atoms with Gasteiger partial charge in [0.25, 0.3) is 5.91 Å². The van der Waals surface area contributed by atoms with Gasteiger partial charge in [0.15, 0.2) is 5.76 Å². The van der Waals surface area contributed by atoms with Gasteiger partial charge >= 0.3 is 5.97 Å². The Balaban J connectivity index is 2.04. The number of nitrogens with one attached hydrogen (secondary N) is 1. The summed E-state index contributed by atoms with van der Waals surface area (Å²) in [7, 11) is 1.67. The molecule has 122 valence electrons. The Morgan fingerprint density at radius 3 is 2.55 bits per heavy atom. The van der Waals surface area contributed by atoms with Crippen LogP contribution in [0.15, 0.2) is 10.5 Å². The zero-order valence-electron chi connectivity index (χ0n) is 13.1. The van der Waals surface area contributed by atoms with Crippen LogP contribution < -0.4 is 5.32 Å². The maximum Gasteiger partial charge on any atom is 0.339 e. The number of rotatable bonds is 6. The van der Waals surface area contributed by atoms with E-state index in [4.69, 9.17) is 14.3 Å². The lowest BCUT2D eigenvalue weighted by molar-refractivity contribution is -0.0365. The molecule has 1 aliphatic carbocycles. The van der Waals surface area contributed by atoms with Crippen LogP contribution in [-0.4, -0.2) is 36.2 Å². The van der Waals surface area contributed by atoms with E-state index in [1.807, 2.05) is 0 Å². The highest BCUT2D eigenvalue weighted by atomic mass is 16.5. The number of ether oxygens (including phenoxy) is 1. The van der Waals surface area contributed by atoms with Crippen LogP contribution in [0.25, 0.3) is 0 Å². The van der Waals surface area contributed by atoms with Crippen molar-refractivity contribution >= 4 is 11.9 Å². The molecule has 2 N–H and O–H groups in total. The number of carbonyl (C=O) groups is 2. The lowest BCUT2D eigenvalue weighted by Gasteiger charge is -2.35. The topological polar surface area (TPSA) is 88.8 Å². The van der Waals surface area contributed by atoms with Crippen molar-refractivity contribution in [1.29, 1.82) is 0 Å². The predicted octanol–water partition coefficient (Wildman–Crippen LogP) is 2.62. The molecule has 0 aromatic carbocycles. The SMILES string of the molecule is CCc1oc(C(=O)NCC2(OC)CCCCC2)cc1C(=O)O. The summed E-state index contributed by atoms with van der Waals surface area (Å²) in [5.74, 6) is -1.13. The number of hydrogen-bond donors (Lipinski definition) is 2. The number of aromatic carboxylic acids is 1. The Labute approximate surface area is 129 Å². The van der Waals surface area contributed by atoms with Gasteiger partial charge in [0, 0.05) is 26.1 Å². The minimum atomic E-state index is -1.08. The average Bonchev–Trinajstić information content (AvgIpc) is 2.98. The summed E-state index contributed by atoms with van der Waals surface area (Å²) >= 11 is 0. The van der Waals surface area contributed by atoms with Crippen molar-refractivity contribution in [2.75, 3.05) is 13.7 Å². The first kappa shape index (κ1) is 16.5. The molecule has 1 saturated carbocycles. The van der Waals surface area contributed by atoms with Crippen LogP contribution in [0.5, 0.6) is 0 Å². The van der Waals surface area contributed by atoms with Gasteiger partial charge in [0.05, 0.1) is 5.60 Å². The molecular weight excluding hydrogens is 286 g/mol. The van der Waals surface area contributed by atoms with E-state index in [2.05, 4.69) is 5.32 Å². The third-order valence-corrected chi connectivity index (χ3v) is 4.35. The summed E-state index contributed by atoms with van der Waals surface area (Å²) in [6, 6.07) is 1.29. The lowest BCUT2D eigenvalue weighted by Crippen LogP contribution is -2.45. The molecule has 0 aliphatic heterocycles. The number of carboxylic acids is 1. The first-order valence-corrected chi connectivity index (χ1v) is 7.70. The Hall–Kier alpha value is -1.82. The second-order valence-electron chi connectivity index (χ2n) is 5.74. The minimum Gasteiger partial charge on any atom is -0.478 e. The summed E-state index contributed by atoms with van der Waals surface area (Å²) in [5, 5.41) is 11.9. The van der Waals surface area contributed by atoms with Crippen LogP contribution >= 0.6 is 0 Å². The number of methoxy groups -OCH3 is 1. The van der Waals surface area contributed by atoms with Gasteiger partial charge in [-0.3, -0.25) is 4.79 Å². The van der Waals surface area contributed by atoms with Gasteiger partial charge in [0.1, 0.15) is 11.3 Å². The molecule has 0 spiro atoms. The molecule has 0 saturated heterocycles. The summed E-state index contributed by atoms with van der Waals surface area (Å²) in [6.45, 7) is 2.20. The molecule has 1 aromatic heterocycles. The zero-order valence-corrected chi connectivity index (χ0v) is 13.1. The molecular formula is C16H23NO5. The number of carboxylic acid groups (broad SMARTS) is 1. The van der Waals surface area contributed by atoms with Crippen molar-refractivity contribution in [1.82, 2.24) is 5.32 Å². The van der Waals surface area contributed by atoms with Crippen molar-refractivity contribution in [2.24, 2.45) is 0 Å². The molecule has 2 rings (SSSR count). The van der Waals surface area contributed by atoms with Gasteiger partial charge in [-0.2, -0.15) is 0 Å². The first-order chi connectivity index (χ1) is 10.5. The van der Waals surface area contributed by atoms with E-state index in [1.54, 1.807) is 14.0 Å². The third kappa shape index (κ3) is 3.50. The third-order valence-electron chi connectivity index (χ3n) is 4.35. The van der Waals surface area contributed by atoms with Crippen molar-refractivity contribution in [2.45, 2.75) is 51.0 Å². The summed E-state index contributed by atoms with van der Waals surface area (Å²) < 4.78 is 11.0. The monoisotopic (exact) mass is 309 g/mol. The van der Waals surface area contributed by atoms with E-state index < -0.39 is 11.9 Å².